The highest BCUT2D eigenvalue weighted by Crippen LogP contribution is 2.37. The Labute approximate surface area is 147 Å². The molecule has 0 aliphatic rings. The number of carboxylic acids is 1. The predicted molar refractivity (Wildman–Crippen MR) is 94.2 cm³/mol. The maximum Gasteiger partial charge on any atom is 0.354 e. The van der Waals surface area contributed by atoms with Gasteiger partial charge in [-0.1, -0.05) is 43.1 Å². The van der Waals surface area contributed by atoms with Crippen LogP contribution in [-0.4, -0.2) is 20.5 Å². The van der Waals surface area contributed by atoms with Crippen molar-refractivity contribution < 1.29 is 9.90 Å². The monoisotopic (exact) mass is 368 g/mol. The minimum atomic E-state index is -0.976. The molecule has 120 valence electrons. The fourth-order valence-corrected chi connectivity index (χ4v) is 4.04. The lowest BCUT2D eigenvalue weighted by atomic mass is 10.1. The van der Waals surface area contributed by atoms with Crippen LogP contribution in [0.15, 0.2) is 18.2 Å². The Morgan fingerprint density at radius 3 is 2.57 bits per heavy atom. The molecule has 0 aliphatic heterocycles. The van der Waals surface area contributed by atoms with E-state index < -0.39 is 5.97 Å². The van der Waals surface area contributed by atoms with E-state index in [9.17, 15) is 9.90 Å². The van der Waals surface area contributed by atoms with E-state index in [0.29, 0.717) is 27.1 Å². The molecule has 0 saturated carbocycles. The maximum atomic E-state index is 11.8. The normalized spacial score (nSPS) is 11.3. The molecule has 1 N–H and O–H groups in total. The van der Waals surface area contributed by atoms with Gasteiger partial charge in [0.2, 0.25) is 0 Å². The quantitative estimate of drug-likeness (QED) is 0.688. The second-order valence-electron chi connectivity index (χ2n) is 5.04. The first-order valence-electron chi connectivity index (χ1n) is 7.19. The minimum absolute atomic E-state index is 0.222. The molecule has 23 heavy (non-hydrogen) atoms. The van der Waals surface area contributed by atoms with Gasteiger partial charge in [-0.05, 0) is 25.0 Å². The van der Waals surface area contributed by atoms with E-state index in [4.69, 9.17) is 23.2 Å². The van der Waals surface area contributed by atoms with Gasteiger partial charge in [0.1, 0.15) is 0 Å². The fourth-order valence-electron chi connectivity index (χ4n) is 2.64. The van der Waals surface area contributed by atoms with E-state index in [0.717, 1.165) is 22.6 Å². The minimum Gasteiger partial charge on any atom is -0.477 e. The van der Waals surface area contributed by atoms with Gasteiger partial charge in [-0.2, -0.15) is 0 Å². The summed E-state index contributed by atoms with van der Waals surface area (Å²) in [6.07, 6.45) is 1.35. The average molecular weight is 369 g/mol. The largest absolute Gasteiger partial charge is 0.477 e. The lowest BCUT2D eigenvalue weighted by Gasteiger charge is -2.07. The molecule has 0 aliphatic carbocycles. The number of nitrogens with zero attached hydrogens (tertiary/aromatic N) is 2. The molecule has 0 radical (unpaired) electrons. The molecular formula is C16H14Cl2N2O2S. The van der Waals surface area contributed by atoms with Crippen LogP contribution in [0.4, 0.5) is 0 Å². The molecule has 3 aromatic rings. The molecule has 4 nitrogen and oxygen atoms in total. The zero-order valence-electron chi connectivity index (χ0n) is 12.6. The predicted octanol–water partition coefficient (Wildman–Crippen LogP) is 5.19. The molecule has 0 fully saturated rings. The number of aromatic nitrogens is 2. The Bertz CT molecular complexity index is 915. The van der Waals surface area contributed by atoms with Gasteiger partial charge in [-0.15, -0.1) is 11.3 Å². The fraction of sp³-hybridized carbons (Fsp3) is 0.250. The van der Waals surface area contributed by atoms with Crippen molar-refractivity contribution >= 4 is 45.5 Å². The first kappa shape index (κ1) is 16.3. The van der Waals surface area contributed by atoms with Crippen molar-refractivity contribution in [3.63, 3.8) is 0 Å². The van der Waals surface area contributed by atoms with Gasteiger partial charge >= 0.3 is 5.97 Å². The van der Waals surface area contributed by atoms with E-state index in [1.54, 1.807) is 16.5 Å². The Morgan fingerprint density at radius 1 is 1.26 bits per heavy atom. The van der Waals surface area contributed by atoms with Crippen molar-refractivity contribution in [3.8, 4) is 11.3 Å². The number of carbonyl (C=O) groups is 1. The van der Waals surface area contributed by atoms with Gasteiger partial charge in [-0.3, -0.25) is 4.40 Å². The summed E-state index contributed by atoms with van der Waals surface area (Å²) in [5.74, 6) is -0.976. The average Bonchev–Trinajstić information content (AvgIpc) is 3.04. The summed E-state index contributed by atoms with van der Waals surface area (Å²) in [5, 5.41) is 10.5. The van der Waals surface area contributed by atoms with E-state index in [2.05, 4.69) is 4.98 Å². The highest BCUT2D eigenvalue weighted by Gasteiger charge is 2.24. The first-order valence-corrected chi connectivity index (χ1v) is 8.76. The number of hydrogen-bond donors (Lipinski definition) is 1. The van der Waals surface area contributed by atoms with Crippen LogP contribution < -0.4 is 0 Å². The van der Waals surface area contributed by atoms with Crippen LogP contribution in [0.5, 0.6) is 0 Å². The highest BCUT2D eigenvalue weighted by atomic mass is 35.5. The lowest BCUT2D eigenvalue weighted by molar-refractivity contribution is 0.0688. The summed E-state index contributed by atoms with van der Waals surface area (Å²) in [6.45, 7) is 3.94. The van der Waals surface area contributed by atoms with Crippen LogP contribution in [0.3, 0.4) is 0 Å². The van der Waals surface area contributed by atoms with Crippen molar-refractivity contribution in [1.29, 1.82) is 0 Å². The Kier molecular flexibility index (Phi) is 4.36. The first-order chi connectivity index (χ1) is 11.0. The smallest absolute Gasteiger partial charge is 0.354 e. The van der Waals surface area contributed by atoms with Gasteiger partial charge < -0.3 is 5.11 Å². The number of imidazole rings is 1. The number of thiazole rings is 1. The molecule has 2 aromatic heterocycles. The molecule has 7 heteroatoms. The van der Waals surface area contributed by atoms with Crippen LogP contribution in [0.1, 0.15) is 34.9 Å². The third-order valence-corrected chi connectivity index (χ3v) is 5.60. The topological polar surface area (TPSA) is 54.6 Å². The third-order valence-electron chi connectivity index (χ3n) is 3.67. The molecule has 2 heterocycles. The molecular weight excluding hydrogens is 355 g/mol. The highest BCUT2D eigenvalue weighted by molar-refractivity contribution is 7.17. The molecule has 0 unspecified atom stereocenters. The molecule has 0 atom stereocenters. The van der Waals surface area contributed by atoms with Crippen molar-refractivity contribution in [2.45, 2.75) is 26.7 Å². The molecule has 3 rings (SSSR count). The number of rotatable bonds is 4. The van der Waals surface area contributed by atoms with Gasteiger partial charge in [0.15, 0.2) is 10.7 Å². The Balaban J connectivity index is 2.39. The molecule has 1 aromatic carbocycles. The molecule has 0 spiro atoms. The molecule has 0 amide bonds. The number of aromatic carboxylic acids is 1. The third kappa shape index (κ3) is 2.63. The van der Waals surface area contributed by atoms with Crippen LogP contribution >= 0.6 is 34.5 Å². The van der Waals surface area contributed by atoms with Gasteiger partial charge in [-0.25, -0.2) is 9.78 Å². The molecule has 0 bridgehead atoms. The van der Waals surface area contributed by atoms with E-state index in [1.807, 2.05) is 19.9 Å². The van der Waals surface area contributed by atoms with Crippen LogP contribution in [0, 0.1) is 0 Å². The summed E-state index contributed by atoms with van der Waals surface area (Å²) >= 11 is 13.7. The molecule has 0 saturated heterocycles. The zero-order chi connectivity index (χ0) is 16.7. The van der Waals surface area contributed by atoms with Crippen molar-refractivity contribution in [2.75, 3.05) is 0 Å². The van der Waals surface area contributed by atoms with E-state index in [1.165, 1.54) is 11.3 Å². The van der Waals surface area contributed by atoms with Crippen LogP contribution in [-0.2, 0) is 12.8 Å². The standard InChI is InChI=1S/C16H14Cl2N2O2S/c1-3-11-14(15(21)22)20-13(12(4-2)23-16(20)19-11)8-5-6-9(17)10(18)7-8/h5-7H,3-4H2,1-2H3,(H,21,22). The van der Waals surface area contributed by atoms with Crippen molar-refractivity contribution in [1.82, 2.24) is 9.38 Å². The Morgan fingerprint density at radius 2 is 2.00 bits per heavy atom. The van der Waals surface area contributed by atoms with Gasteiger partial charge in [0.05, 0.1) is 21.4 Å². The second kappa shape index (κ2) is 6.15. The van der Waals surface area contributed by atoms with Crippen LogP contribution in [0.25, 0.3) is 16.2 Å². The number of hydrogen-bond acceptors (Lipinski definition) is 3. The van der Waals surface area contributed by atoms with Gasteiger partial charge in [0.25, 0.3) is 0 Å². The van der Waals surface area contributed by atoms with E-state index >= 15 is 0 Å². The zero-order valence-corrected chi connectivity index (χ0v) is 14.9. The summed E-state index contributed by atoms with van der Waals surface area (Å²) in [4.78, 5) is 18.0. The van der Waals surface area contributed by atoms with Crippen LogP contribution in [0.2, 0.25) is 10.0 Å². The van der Waals surface area contributed by atoms with Crippen molar-refractivity contribution in [2.24, 2.45) is 0 Å². The second-order valence-corrected chi connectivity index (χ2v) is 6.92. The number of carboxylic acid groups (broad SMARTS) is 1. The lowest BCUT2D eigenvalue weighted by Crippen LogP contribution is -2.06. The SMILES string of the molecule is CCc1nc2sc(CC)c(-c3ccc(Cl)c(Cl)c3)n2c1C(=O)O. The summed E-state index contributed by atoms with van der Waals surface area (Å²) in [7, 11) is 0. The summed E-state index contributed by atoms with van der Waals surface area (Å²) in [5.41, 5.74) is 2.48. The summed E-state index contributed by atoms with van der Waals surface area (Å²) < 4.78 is 1.73. The number of benzene rings is 1. The van der Waals surface area contributed by atoms with E-state index in [-0.39, 0.29) is 5.69 Å². The maximum absolute atomic E-state index is 11.8. The number of halogens is 2. The number of aryl methyl sites for hydroxylation is 2. The Hall–Kier alpha value is -1.56. The number of fused-ring (bicyclic) bond motifs is 1. The summed E-state index contributed by atoms with van der Waals surface area (Å²) in [6, 6.07) is 5.34. The van der Waals surface area contributed by atoms with Crippen molar-refractivity contribution in [3.05, 3.63) is 44.5 Å². The van der Waals surface area contributed by atoms with Gasteiger partial charge in [0, 0.05) is 10.4 Å².